The maximum Gasteiger partial charge on any atom is 1.00 e. The topological polar surface area (TPSA) is 9.23 Å². The van der Waals surface area contributed by atoms with Crippen LogP contribution in [0.15, 0.2) is 54.6 Å². The molecule has 0 atom stereocenters. The molecule has 0 aliphatic rings. The first-order valence-corrected chi connectivity index (χ1v) is 9.21. The normalized spacial score (nSPS) is 9.80. The van der Waals surface area contributed by atoms with Crippen molar-refractivity contribution < 1.29 is 66.7 Å². The molecule has 2 aromatic carbocycles. The fourth-order valence-corrected chi connectivity index (χ4v) is 2.87. The molecule has 2 rings (SSSR count). The standard InChI is InChI=1S/C22H30O.2Na.2H/c1-2-3-4-5-6-7-8-10-15-20-16-13-14-19-22(20)23-21-17-11-9-12-18-21;;;;/h9,11-14,16-19H,2-8,10,15H2,1H3;;;;/q;2*+1;2*-1. The Balaban J connectivity index is -0.00000144. The average molecular weight is 358 g/mol. The molecule has 3 heteroatoms. The van der Waals surface area contributed by atoms with Crippen LogP contribution in [-0.4, -0.2) is 0 Å². The Labute approximate surface area is 201 Å². The van der Waals surface area contributed by atoms with Gasteiger partial charge in [-0.1, -0.05) is 88.3 Å². The number of ether oxygens (including phenoxy) is 1. The molecule has 0 N–H and O–H groups in total. The SMILES string of the molecule is CCCCCCCCCCc1ccccc1Oc1ccccc1.[H-].[H-].[Na+].[Na+]. The van der Waals surface area contributed by atoms with Crippen molar-refractivity contribution >= 4 is 0 Å². The Hall–Kier alpha value is 0.240. The van der Waals surface area contributed by atoms with Gasteiger partial charge in [-0.25, -0.2) is 0 Å². The molecule has 25 heavy (non-hydrogen) atoms. The van der Waals surface area contributed by atoms with Gasteiger partial charge in [-0.2, -0.15) is 0 Å². The predicted octanol–water partition coefficient (Wildman–Crippen LogP) is 1.40. The van der Waals surface area contributed by atoms with Crippen LogP contribution in [0.25, 0.3) is 0 Å². The summed E-state index contributed by atoms with van der Waals surface area (Å²) in [7, 11) is 0. The van der Waals surface area contributed by atoms with Crippen LogP contribution in [0, 0.1) is 0 Å². The van der Waals surface area contributed by atoms with Gasteiger partial charge in [-0.05, 0) is 36.6 Å². The summed E-state index contributed by atoms with van der Waals surface area (Å²) >= 11 is 0. The van der Waals surface area contributed by atoms with Gasteiger partial charge in [0, 0.05) is 0 Å². The van der Waals surface area contributed by atoms with Crippen LogP contribution in [0.2, 0.25) is 0 Å². The third-order valence-electron chi connectivity index (χ3n) is 4.24. The van der Waals surface area contributed by atoms with E-state index in [9.17, 15) is 0 Å². The van der Waals surface area contributed by atoms with Crippen molar-refractivity contribution in [3.63, 3.8) is 0 Å². The van der Waals surface area contributed by atoms with E-state index in [0.717, 1.165) is 17.9 Å². The van der Waals surface area contributed by atoms with Crippen LogP contribution in [0.3, 0.4) is 0 Å². The molecule has 0 amide bonds. The Kier molecular flexibility index (Phi) is 16.6. The molecule has 2 aromatic rings. The molecule has 0 unspecified atom stereocenters. The van der Waals surface area contributed by atoms with E-state index in [1.54, 1.807) is 0 Å². The maximum atomic E-state index is 6.03. The fraction of sp³-hybridized carbons (Fsp3) is 0.455. The number of para-hydroxylation sites is 2. The van der Waals surface area contributed by atoms with Gasteiger partial charge in [0.2, 0.25) is 0 Å². The van der Waals surface area contributed by atoms with Crippen LogP contribution < -0.4 is 63.9 Å². The van der Waals surface area contributed by atoms with Crippen molar-refractivity contribution in [2.24, 2.45) is 0 Å². The van der Waals surface area contributed by atoms with Crippen molar-refractivity contribution in [1.82, 2.24) is 0 Å². The van der Waals surface area contributed by atoms with Gasteiger partial charge in [0.1, 0.15) is 11.5 Å². The van der Waals surface area contributed by atoms with Crippen molar-refractivity contribution in [1.29, 1.82) is 0 Å². The van der Waals surface area contributed by atoms with Crippen LogP contribution >= 0.6 is 0 Å². The first kappa shape index (κ1) is 25.2. The maximum absolute atomic E-state index is 6.03. The van der Waals surface area contributed by atoms with E-state index in [2.05, 4.69) is 31.2 Å². The van der Waals surface area contributed by atoms with E-state index in [4.69, 9.17) is 4.74 Å². The number of hydrogen-bond acceptors (Lipinski definition) is 1. The van der Waals surface area contributed by atoms with E-state index in [-0.39, 0.29) is 62.0 Å². The summed E-state index contributed by atoms with van der Waals surface area (Å²) in [6.07, 6.45) is 12.0. The Bertz CT molecular complexity index is 553. The molecule has 0 aliphatic heterocycles. The molecule has 0 spiro atoms. The number of hydrogen-bond donors (Lipinski definition) is 0. The summed E-state index contributed by atoms with van der Waals surface area (Å²) in [6, 6.07) is 18.5. The van der Waals surface area contributed by atoms with Crippen LogP contribution in [0.5, 0.6) is 11.5 Å². The minimum Gasteiger partial charge on any atom is -1.00 e. The van der Waals surface area contributed by atoms with Crippen LogP contribution in [-0.2, 0) is 6.42 Å². The zero-order valence-corrected chi connectivity index (χ0v) is 20.5. The number of aryl methyl sites for hydroxylation is 1. The third kappa shape index (κ3) is 10.9. The molecule has 0 radical (unpaired) electrons. The van der Waals surface area contributed by atoms with Gasteiger partial charge in [0.15, 0.2) is 0 Å². The quantitative estimate of drug-likeness (QED) is 0.436. The molecule has 1 nitrogen and oxygen atoms in total. The molecule has 0 aromatic heterocycles. The summed E-state index contributed by atoms with van der Waals surface area (Å²) < 4.78 is 6.03. The third-order valence-corrected chi connectivity index (χ3v) is 4.24. The Morgan fingerprint density at radius 3 is 1.92 bits per heavy atom. The van der Waals surface area contributed by atoms with Crippen molar-refractivity contribution in [2.45, 2.75) is 64.7 Å². The average Bonchev–Trinajstić information content (AvgIpc) is 2.59. The molecule has 0 saturated heterocycles. The summed E-state index contributed by atoms with van der Waals surface area (Å²) in [5, 5.41) is 0. The molecular formula is C22H32Na2O. The van der Waals surface area contributed by atoms with Gasteiger partial charge in [0.05, 0.1) is 0 Å². The molecule has 0 saturated carbocycles. The second-order valence-electron chi connectivity index (χ2n) is 6.25. The van der Waals surface area contributed by atoms with Crippen molar-refractivity contribution in [2.75, 3.05) is 0 Å². The minimum atomic E-state index is 0. The van der Waals surface area contributed by atoms with E-state index in [1.165, 1.54) is 56.9 Å². The van der Waals surface area contributed by atoms with Gasteiger partial charge < -0.3 is 7.59 Å². The summed E-state index contributed by atoms with van der Waals surface area (Å²) in [5.74, 6) is 1.91. The van der Waals surface area contributed by atoms with Gasteiger partial charge >= 0.3 is 59.1 Å². The zero-order chi connectivity index (χ0) is 16.2. The second-order valence-corrected chi connectivity index (χ2v) is 6.25. The Morgan fingerprint density at radius 1 is 0.680 bits per heavy atom. The fourth-order valence-electron chi connectivity index (χ4n) is 2.87. The monoisotopic (exact) mass is 358 g/mol. The van der Waals surface area contributed by atoms with E-state index in [1.807, 2.05) is 30.3 Å². The molecule has 0 fully saturated rings. The smallest absolute Gasteiger partial charge is 1.00 e. The first-order chi connectivity index (χ1) is 11.4. The van der Waals surface area contributed by atoms with E-state index in [0.29, 0.717) is 0 Å². The number of rotatable bonds is 11. The summed E-state index contributed by atoms with van der Waals surface area (Å²) in [6.45, 7) is 2.27. The van der Waals surface area contributed by atoms with Crippen molar-refractivity contribution in [3.8, 4) is 11.5 Å². The van der Waals surface area contributed by atoms with Gasteiger partial charge in [-0.15, -0.1) is 0 Å². The molecule has 0 bridgehead atoms. The van der Waals surface area contributed by atoms with Crippen LogP contribution in [0.1, 0.15) is 66.7 Å². The van der Waals surface area contributed by atoms with Gasteiger partial charge in [-0.3, -0.25) is 0 Å². The van der Waals surface area contributed by atoms with Crippen molar-refractivity contribution in [3.05, 3.63) is 60.2 Å². The zero-order valence-electron chi connectivity index (χ0n) is 18.5. The molecule has 0 aliphatic carbocycles. The first-order valence-electron chi connectivity index (χ1n) is 9.21. The van der Waals surface area contributed by atoms with E-state index >= 15 is 0 Å². The summed E-state index contributed by atoms with van der Waals surface area (Å²) in [5.41, 5.74) is 1.32. The number of unbranched alkanes of at least 4 members (excludes halogenated alkanes) is 7. The van der Waals surface area contributed by atoms with E-state index < -0.39 is 0 Å². The molecule has 0 heterocycles. The molecular weight excluding hydrogens is 326 g/mol. The molecule has 128 valence electrons. The van der Waals surface area contributed by atoms with Gasteiger partial charge in [0.25, 0.3) is 0 Å². The Morgan fingerprint density at radius 2 is 1.24 bits per heavy atom. The summed E-state index contributed by atoms with van der Waals surface area (Å²) in [4.78, 5) is 0. The predicted molar refractivity (Wildman–Crippen MR) is 101 cm³/mol. The largest absolute Gasteiger partial charge is 1.00 e. The second kappa shape index (κ2) is 16.4. The number of benzene rings is 2. The van der Waals surface area contributed by atoms with Crippen LogP contribution in [0.4, 0.5) is 0 Å². The minimum absolute atomic E-state index is 0.